The van der Waals surface area contributed by atoms with Gasteiger partial charge in [0, 0.05) is 43.2 Å². The third-order valence-corrected chi connectivity index (χ3v) is 4.35. The van der Waals surface area contributed by atoms with Gasteiger partial charge < -0.3 is 19.3 Å². The minimum Gasteiger partial charge on any atom is -0.503 e. The van der Waals surface area contributed by atoms with Crippen LogP contribution in [0.1, 0.15) is 30.2 Å². The minimum atomic E-state index is -0.0246. The van der Waals surface area contributed by atoms with Gasteiger partial charge in [0.15, 0.2) is 5.75 Å². The standard InChI is InChI=1S/C19H23N3O2/c1-2-16-17(13-15-7-4-3-5-8-15)22(19(24)18(16)23)11-6-10-21-12-9-20-14-21/h3-5,7-9,12,14,23-24H,2,6,10-11,13H2,1H3. The molecule has 2 aromatic heterocycles. The zero-order chi connectivity index (χ0) is 16.9. The largest absolute Gasteiger partial charge is 0.503 e. The molecule has 5 nitrogen and oxygen atoms in total. The van der Waals surface area contributed by atoms with Crippen LogP contribution in [0.15, 0.2) is 49.1 Å². The van der Waals surface area contributed by atoms with E-state index < -0.39 is 0 Å². The Bertz CT molecular complexity index is 777. The first-order valence-corrected chi connectivity index (χ1v) is 8.32. The maximum atomic E-state index is 10.4. The van der Waals surface area contributed by atoms with Gasteiger partial charge in [-0.05, 0) is 18.4 Å². The van der Waals surface area contributed by atoms with E-state index in [4.69, 9.17) is 0 Å². The molecule has 0 saturated carbocycles. The van der Waals surface area contributed by atoms with Crippen LogP contribution in [0.4, 0.5) is 0 Å². The molecular formula is C19H23N3O2. The van der Waals surface area contributed by atoms with Crippen LogP contribution in [-0.4, -0.2) is 24.3 Å². The van der Waals surface area contributed by atoms with E-state index in [2.05, 4.69) is 17.1 Å². The molecular weight excluding hydrogens is 302 g/mol. The Morgan fingerprint density at radius 2 is 1.88 bits per heavy atom. The van der Waals surface area contributed by atoms with Gasteiger partial charge in [0.2, 0.25) is 5.88 Å². The van der Waals surface area contributed by atoms with Crippen LogP contribution in [0.3, 0.4) is 0 Å². The van der Waals surface area contributed by atoms with Crippen molar-refractivity contribution >= 4 is 0 Å². The highest BCUT2D eigenvalue weighted by atomic mass is 16.3. The molecule has 126 valence electrons. The Labute approximate surface area is 141 Å². The van der Waals surface area contributed by atoms with Crippen molar-refractivity contribution in [3.05, 3.63) is 65.9 Å². The Kier molecular flexibility index (Phi) is 4.89. The van der Waals surface area contributed by atoms with E-state index in [0.717, 1.165) is 24.2 Å². The molecule has 0 aliphatic carbocycles. The zero-order valence-corrected chi connectivity index (χ0v) is 13.9. The second-order valence-electron chi connectivity index (χ2n) is 5.92. The average molecular weight is 325 g/mol. The Morgan fingerprint density at radius 1 is 1.08 bits per heavy atom. The van der Waals surface area contributed by atoms with Crippen molar-refractivity contribution in [3.63, 3.8) is 0 Å². The first-order valence-electron chi connectivity index (χ1n) is 8.32. The van der Waals surface area contributed by atoms with Gasteiger partial charge in [-0.3, -0.25) is 0 Å². The Balaban J connectivity index is 1.83. The molecule has 0 saturated heterocycles. The topological polar surface area (TPSA) is 63.2 Å². The normalized spacial score (nSPS) is 11.0. The summed E-state index contributed by atoms with van der Waals surface area (Å²) in [5.74, 6) is -0.00512. The van der Waals surface area contributed by atoms with Gasteiger partial charge in [0.25, 0.3) is 0 Å². The second-order valence-corrected chi connectivity index (χ2v) is 5.92. The van der Waals surface area contributed by atoms with E-state index >= 15 is 0 Å². The summed E-state index contributed by atoms with van der Waals surface area (Å²) in [6, 6.07) is 10.1. The van der Waals surface area contributed by atoms with Gasteiger partial charge in [0.05, 0.1) is 6.33 Å². The van der Waals surface area contributed by atoms with Crippen molar-refractivity contribution < 1.29 is 10.2 Å². The van der Waals surface area contributed by atoms with Crippen LogP contribution >= 0.6 is 0 Å². The molecule has 3 aromatic rings. The minimum absolute atomic E-state index is 0.0195. The predicted octanol–water partition coefficient (Wildman–Crippen LogP) is 3.34. The van der Waals surface area contributed by atoms with Crippen molar-refractivity contribution in [1.82, 2.24) is 14.1 Å². The van der Waals surface area contributed by atoms with Crippen LogP contribution in [0.25, 0.3) is 0 Å². The molecule has 2 heterocycles. The fourth-order valence-corrected chi connectivity index (χ4v) is 3.12. The number of imidazole rings is 1. The summed E-state index contributed by atoms with van der Waals surface area (Å²) in [4.78, 5) is 4.04. The summed E-state index contributed by atoms with van der Waals surface area (Å²) in [6.07, 6.45) is 7.71. The molecule has 0 atom stereocenters. The van der Waals surface area contributed by atoms with E-state index in [1.807, 2.05) is 40.5 Å². The number of aryl methyl sites for hydroxylation is 1. The first kappa shape index (κ1) is 16.2. The van der Waals surface area contributed by atoms with Gasteiger partial charge >= 0.3 is 0 Å². The molecule has 0 aliphatic heterocycles. The quantitative estimate of drug-likeness (QED) is 0.700. The molecule has 0 spiro atoms. The summed E-state index contributed by atoms with van der Waals surface area (Å²) in [7, 11) is 0. The van der Waals surface area contributed by atoms with Crippen LogP contribution in [0, 0.1) is 0 Å². The molecule has 3 rings (SSSR count). The molecule has 0 aliphatic rings. The lowest BCUT2D eigenvalue weighted by Gasteiger charge is -2.12. The number of aromatic nitrogens is 3. The molecule has 1 aromatic carbocycles. The summed E-state index contributed by atoms with van der Waals surface area (Å²) in [5.41, 5.74) is 2.99. The van der Waals surface area contributed by atoms with Gasteiger partial charge in [-0.15, -0.1) is 0 Å². The molecule has 0 bridgehead atoms. The van der Waals surface area contributed by atoms with E-state index in [0.29, 0.717) is 19.4 Å². The first-order chi connectivity index (χ1) is 11.7. The van der Waals surface area contributed by atoms with Gasteiger partial charge in [-0.2, -0.15) is 0 Å². The van der Waals surface area contributed by atoms with Crippen LogP contribution in [0.2, 0.25) is 0 Å². The fraction of sp³-hybridized carbons (Fsp3) is 0.316. The number of rotatable bonds is 7. The van der Waals surface area contributed by atoms with Crippen molar-refractivity contribution in [2.75, 3.05) is 0 Å². The van der Waals surface area contributed by atoms with Crippen LogP contribution in [0.5, 0.6) is 11.6 Å². The molecule has 0 fully saturated rings. The lowest BCUT2D eigenvalue weighted by molar-refractivity contribution is 0.365. The molecule has 0 amide bonds. The lowest BCUT2D eigenvalue weighted by atomic mass is 10.0. The van der Waals surface area contributed by atoms with Crippen molar-refractivity contribution in [3.8, 4) is 11.6 Å². The number of nitrogens with zero attached hydrogens (tertiary/aromatic N) is 3. The maximum absolute atomic E-state index is 10.4. The van der Waals surface area contributed by atoms with E-state index in [1.165, 1.54) is 5.56 Å². The third-order valence-electron chi connectivity index (χ3n) is 4.35. The SMILES string of the molecule is CCc1c(O)c(O)n(CCCn2ccnc2)c1Cc1ccccc1. The molecule has 2 N–H and O–H groups in total. The highest BCUT2D eigenvalue weighted by molar-refractivity contribution is 5.48. The van der Waals surface area contributed by atoms with Crippen LogP contribution in [-0.2, 0) is 25.9 Å². The van der Waals surface area contributed by atoms with Gasteiger partial charge in [0.1, 0.15) is 0 Å². The summed E-state index contributed by atoms with van der Waals surface area (Å²) in [5, 5.41) is 20.6. The number of hydrogen-bond acceptors (Lipinski definition) is 3. The Morgan fingerprint density at radius 3 is 2.54 bits per heavy atom. The number of benzene rings is 1. The highest BCUT2D eigenvalue weighted by Crippen LogP contribution is 2.37. The zero-order valence-electron chi connectivity index (χ0n) is 13.9. The third kappa shape index (κ3) is 3.30. The predicted molar refractivity (Wildman–Crippen MR) is 93.2 cm³/mol. The Hall–Kier alpha value is -2.69. The number of aromatic hydroxyl groups is 2. The monoisotopic (exact) mass is 325 g/mol. The molecule has 5 heteroatoms. The smallest absolute Gasteiger partial charge is 0.235 e. The van der Waals surface area contributed by atoms with E-state index in [1.54, 1.807) is 12.5 Å². The average Bonchev–Trinajstić information content (AvgIpc) is 3.19. The van der Waals surface area contributed by atoms with Crippen molar-refractivity contribution in [2.45, 2.75) is 39.3 Å². The highest BCUT2D eigenvalue weighted by Gasteiger charge is 2.20. The molecule has 0 unspecified atom stereocenters. The van der Waals surface area contributed by atoms with Crippen molar-refractivity contribution in [1.29, 1.82) is 0 Å². The molecule has 0 radical (unpaired) electrons. The summed E-state index contributed by atoms with van der Waals surface area (Å²) in [6.45, 7) is 3.48. The molecule has 24 heavy (non-hydrogen) atoms. The fourth-order valence-electron chi connectivity index (χ4n) is 3.12. The second kappa shape index (κ2) is 7.25. The van der Waals surface area contributed by atoms with Crippen molar-refractivity contribution in [2.24, 2.45) is 0 Å². The van der Waals surface area contributed by atoms with E-state index in [-0.39, 0.29) is 11.6 Å². The van der Waals surface area contributed by atoms with Crippen LogP contribution < -0.4 is 0 Å². The van der Waals surface area contributed by atoms with Gasteiger partial charge in [-0.25, -0.2) is 4.98 Å². The van der Waals surface area contributed by atoms with E-state index in [9.17, 15) is 10.2 Å². The number of hydrogen-bond donors (Lipinski definition) is 2. The maximum Gasteiger partial charge on any atom is 0.235 e. The summed E-state index contributed by atoms with van der Waals surface area (Å²) < 4.78 is 3.86. The van der Waals surface area contributed by atoms with Gasteiger partial charge in [-0.1, -0.05) is 37.3 Å². The summed E-state index contributed by atoms with van der Waals surface area (Å²) >= 11 is 0. The lowest BCUT2D eigenvalue weighted by Crippen LogP contribution is -2.07.